The number of esters is 1. The lowest BCUT2D eigenvalue weighted by Gasteiger charge is -2.38. The second-order valence-electron chi connectivity index (χ2n) is 11.8. The summed E-state index contributed by atoms with van der Waals surface area (Å²) in [5.41, 5.74) is -0.386. The van der Waals surface area contributed by atoms with Crippen molar-refractivity contribution in [2.45, 2.75) is 46.3 Å². The van der Waals surface area contributed by atoms with Gasteiger partial charge in [-0.3, -0.25) is 0 Å². The summed E-state index contributed by atoms with van der Waals surface area (Å²) in [5, 5.41) is 9.63. The average molecular weight is 682 g/mol. The lowest BCUT2D eigenvalue weighted by molar-refractivity contribution is -0.148. The third-order valence-electron chi connectivity index (χ3n) is 7.81. The molecule has 0 bridgehead atoms. The molecule has 3 aromatic carbocycles. The Kier molecular flexibility index (Phi) is 11.0. The van der Waals surface area contributed by atoms with Gasteiger partial charge in [-0.05, 0) is 57.0 Å². The van der Waals surface area contributed by atoms with Crippen molar-refractivity contribution in [3.63, 3.8) is 0 Å². The number of benzene rings is 3. The van der Waals surface area contributed by atoms with Crippen molar-refractivity contribution >= 4 is 11.7 Å². The number of anilines is 1. The maximum absolute atomic E-state index is 16.8. The number of carbonyl (C=O) groups is 1. The zero-order valence-electron chi connectivity index (χ0n) is 28.4. The average Bonchev–Trinajstić information content (AvgIpc) is 3.55. The van der Waals surface area contributed by atoms with E-state index >= 15 is 8.78 Å². The largest absolute Gasteiger partial charge is 0.485 e. The first-order valence-corrected chi connectivity index (χ1v) is 16.1. The number of nitrogens with zero attached hydrogens (tertiary/aromatic N) is 5. The fourth-order valence-electron chi connectivity index (χ4n) is 5.24. The number of aryl methyl sites for hydroxylation is 1. The van der Waals surface area contributed by atoms with Gasteiger partial charge in [-0.2, -0.15) is 19.0 Å². The van der Waals surface area contributed by atoms with Crippen LogP contribution in [0.2, 0.25) is 0 Å². The molecule has 50 heavy (non-hydrogen) atoms. The first-order valence-electron chi connectivity index (χ1n) is 16.1. The summed E-state index contributed by atoms with van der Waals surface area (Å²) >= 11 is 0. The molecule has 0 atom stereocenters. The molecule has 0 radical (unpaired) electrons. The highest BCUT2D eigenvalue weighted by Gasteiger charge is 2.41. The molecule has 5 aromatic rings. The number of rotatable bonds is 14. The third-order valence-corrected chi connectivity index (χ3v) is 7.81. The molecule has 0 amide bonds. The Balaban J connectivity index is 1.64. The minimum atomic E-state index is -1.52. The number of ether oxygens (including phenoxy) is 4. The van der Waals surface area contributed by atoms with Gasteiger partial charge in [0, 0.05) is 37.6 Å². The Labute approximate surface area is 289 Å². The van der Waals surface area contributed by atoms with Crippen LogP contribution in [0.1, 0.15) is 45.2 Å². The molecule has 258 valence electrons. The molecule has 0 N–H and O–H groups in total. The minimum absolute atomic E-state index is 0.0432. The van der Waals surface area contributed by atoms with E-state index in [1.165, 1.54) is 36.9 Å². The zero-order chi connectivity index (χ0) is 35.8. The maximum atomic E-state index is 16.8. The minimum Gasteiger partial charge on any atom is -0.485 e. The molecule has 0 fully saturated rings. The molecule has 10 nitrogen and oxygen atoms in total. The predicted molar refractivity (Wildman–Crippen MR) is 183 cm³/mol. The first-order chi connectivity index (χ1) is 24.1. The molecule has 2 aromatic heterocycles. The van der Waals surface area contributed by atoms with Crippen molar-refractivity contribution in [3.8, 4) is 46.5 Å². The summed E-state index contributed by atoms with van der Waals surface area (Å²) < 4.78 is 58.6. The van der Waals surface area contributed by atoms with Crippen LogP contribution in [0.5, 0.6) is 29.0 Å². The molecule has 0 saturated heterocycles. The van der Waals surface area contributed by atoms with Gasteiger partial charge in [0.2, 0.25) is 11.6 Å². The smallest absolute Gasteiger partial charge is 0.331 e. The van der Waals surface area contributed by atoms with Gasteiger partial charge < -0.3 is 28.4 Å². The fourth-order valence-corrected chi connectivity index (χ4v) is 5.24. The van der Waals surface area contributed by atoms with Crippen molar-refractivity contribution in [2.75, 3.05) is 18.1 Å². The van der Waals surface area contributed by atoms with Crippen LogP contribution >= 0.6 is 0 Å². The molecule has 5 rings (SSSR count). The normalized spacial score (nSPS) is 11.1. The molecule has 0 aliphatic rings. The van der Waals surface area contributed by atoms with E-state index in [9.17, 15) is 10.1 Å². The van der Waals surface area contributed by atoms with E-state index in [0.29, 0.717) is 17.8 Å². The zero-order valence-corrected chi connectivity index (χ0v) is 28.4. The van der Waals surface area contributed by atoms with Crippen molar-refractivity contribution in [2.24, 2.45) is 7.05 Å². The monoisotopic (exact) mass is 681 g/mol. The number of halogens is 2. The highest BCUT2D eigenvalue weighted by Crippen LogP contribution is 2.42. The van der Waals surface area contributed by atoms with Crippen LogP contribution in [0.15, 0.2) is 85.2 Å². The van der Waals surface area contributed by atoms with Crippen molar-refractivity contribution in [1.29, 1.82) is 5.26 Å². The van der Waals surface area contributed by atoms with E-state index in [0.717, 1.165) is 5.56 Å². The van der Waals surface area contributed by atoms with Gasteiger partial charge in [-0.25, -0.2) is 9.78 Å². The summed E-state index contributed by atoms with van der Waals surface area (Å²) in [5.74, 6) is -3.36. The fraction of sp³-hybridized carbons (Fsp3) is 0.263. The molecule has 0 aliphatic carbocycles. The second-order valence-corrected chi connectivity index (χ2v) is 11.8. The van der Waals surface area contributed by atoms with E-state index in [1.807, 2.05) is 61.0 Å². The van der Waals surface area contributed by atoms with E-state index in [4.69, 9.17) is 18.9 Å². The van der Waals surface area contributed by atoms with Crippen LogP contribution in [0.25, 0.3) is 11.4 Å². The Bertz CT molecular complexity index is 2010. The van der Waals surface area contributed by atoms with Crippen LogP contribution in [0, 0.1) is 23.0 Å². The SMILES string of the molecule is CCCN(c1c(F)c(Oc2cccc(-c3nccn3C)c2)nc(Oc2cc(C#N)ccc2OCc2ccccc2)c1F)C(C)(C)C(=O)OCC. The number of nitriles is 1. The number of hydrogen-bond acceptors (Lipinski definition) is 9. The number of hydrogen-bond donors (Lipinski definition) is 0. The Morgan fingerprint density at radius 2 is 1.70 bits per heavy atom. The predicted octanol–water partition coefficient (Wildman–Crippen LogP) is 8.35. The van der Waals surface area contributed by atoms with E-state index < -0.39 is 40.6 Å². The first kappa shape index (κ1) is 35.3. The van der Waals surface area contributed by atoms with Gasteiger partial charge >= 0.3 is 5.97 Å². The molecule has 2 heterocycles. The lowest BCUT2D eigenvalue weighted by atomic mass is 10.0. The molecule has 12 heteroatoms. The van der Waals surface area contributed by atoms with Crippen LogP contribution in [0.4, 0.5) is 14.5 Å². The second kappa shape index (κ2) is 15.5. The standard InChI is InChI=1S/C38H37F2N5O5/c1-6-19-45(38(3,4)37(46)47-7-2)33-31(39)35(49-28-15-11-14-27(22-28)34-42-18-20-44(34)5)43-36(32(33)40)50-30-21-26(23-41)16-17-29(30)48-24-25-12-9-8-10-13-25/h8-18,20-22H,6-7,19,24H2,1-5H3. The van der Waals surface area contributed by atoms with Crippen LogP contribution in [-0.4, -0.2) is 39.2 Å². The summed E-state index contributed by atoms with van der Waals surface area (Å²) in [7, 11) is 1.83. The Morgan fingerprint density at radius 3 is 2.36 bits per heavy atom. The topological polar surface area (TPSA) is 112 Å². The summed E-state index contributed by atoms with van der Waals surface area (Å²) in [6.45, 7) is 6.77. The van der Waals surface area contributed by atoms with E-state index in [-0.39, 0.29) is 42.6 Å². The summed E-state index contributed by atoms with van der Waals surface area (Å²) in [6.07, 6.45) is 3.85. The Morgan fingerprint density at radius 1 is 0.960 bits per heavy atom. The molecule has 0 aliphatic heterocycles. The maximum Gasteiger partial charge on any atom is 0.331 e. The van der Waals surface area contributed by atoms with Gasteiger partial charge in [0.05, 0.1) is 18.2 Å². The van der Waals surface area contributed by atoms with Gasteiger partial charge in [0.25, 0.3) is 11.8 Å². The van der Waals surface area contributed by atoms with E-state index in [2.05, 4.69) is 9.97 Å². The number of carbonyl (C=O) groups excluding carboxylic acids is 1. The summed E-state index contributed by atoms with van der Waals surface area (Å²) in [4.78, 5) is 23.0. The molecular formula is C38H37F2N5O5. The number of aromatic nitrogens is 3. The lowest BCUT2D eigenvalue weighted by Crippen LogP contribution is -2.52. The highest BCUT2D eigenvalue weighted by atomic mass is 19.1. The Hall–Kier alpha value is -5.96. The van der Waals surface area contributed by atoms with Gasteiger partial charge in [-0.15, -0.1) is 0 Å². The quantitative estimate of drug-likeness (QED) is 0.107. The number of imidazole rings is 1. The molecule has 0 spiro atoms. The summed E-state index contributed by atoms with van der Waals surface area (Å²) in [6, 6.07) is 22.6. The van der Waals surface area contributed by atoms with Gasteiger partial charge in [-0.1, -0.05) is 49.4 Å². The van der Waals surface area contributed by atoms with Crippen LogP contribution < -0.4 is 19.1 Å². The van der Waals surface area contributed by atoms with E-state index in [1.54, 1.807) is 37.5 Å². The van der Waals surface area contributed by atoms with Gasteiger partial charge in [0.1, 0.15) is 29.4 Å². The highest BCUT2D eigenvalue weighted by molar-refractivity contribution is 5.85. The van der Waals surface area contributed by atoms with Crippen LogP contribution in [-0.2, 0) is 23.2 Å². The third kappa shape index (κ3) is 7.68. The molecule has 0 saturated carbocycles. The number of pyridine rings is 1. The van der Waals surface area contributed by atoms with Crippen molar-refractivity contribution < 1.29 is 32.5 Å². The van der Waals surface area contributed by atoms with Crippen LogP contribution in [0.3, 0.4) is 0 Å². The van der Waals surface area contributed by atoms with Gasteiger partial charge in [0.15, 0.2) is 11.5 Å². The molecular weight excluding hydrogens is 644 g/mol. The van der Waals surface area contributed by atoms with Crippen molar-refractivity contribution in [3.05, 3.63) is 108 Å². The van der Waals surface area contributed by atoms with Crippen molar-refractivity contribution in [1.82, 2.24) is 14.5 Å². The molecule has 0 unspecified atom stereocenters.